The number of unbranched alkanes of at least 4 members (excludes halogenated alkanes) is 18. The number of rotatable bonds is 27. The Labute approximate surface area is 215 Å². The summed E-state index contributed by atoms with van der Waals surface area (Å²) in [6, 6.07) is 0. The van der Waals surface area contributed by atoms with Crippen LogP contribution in [0.5, 0.6) is 0 Å². The van der Waals surface area contributed by atoms with Gasteiger partial charge in [0.1, 0.15) is 6.10 Å². The summed E-state index contributed by atoms with van der Waals surface area (Å²) in [5.41, 5.74) is 0. The molecule has 2 heteroatoms. The van der Waals surface area contributed by atoms with Crippen LogP contribution >= 0.6 is 0 Å². The van der Waals surface area contributed by atoms with Crippen molar-refractivity contribution in [2.75, 3.05) is 0 Å². The van der Waals surface area contributed by atoms with Gasteiger partial charge >= 0.3 is 5.97 Å². The molecule has 34 heavy (non-hydrogen) atoms. The Morgan fingerprint density at radius 2 is 0.794 bits per heavy atom. The average Bonchev–Trinajstić information content (AvgIpc) is 2.81. The maximum atomic E-state index is 11.3. The Balaban J connectivity index is 3.38. The third-order valence-electron chi connectivity index (χ3n) is 7.49. The second-order valence-electron chi connectivity index (χ2n) is 11.2. The first-order valence-corrected chi connectivity index (χ1v) is 15.8. The van der Waals surface area contributed by atoms with Gasteiger partial charge in [-0.25, -0.2) is 0 Å². The van der Waals surface area contributed by atoms with E-state index in [1.54, 1.807) is 6.92 Å². The molecular formula is C32H64O2. The molecule has 0 aliphatic carbocycles. The highest BCUT2D eigenvalue weighted by Crippen LogP contribution is 2.20. The molecule has 2 nitrogen and oxygen atoms in total. The van der Waals surface area contributed by atoms with E-state index in [0.717, 1.165) is 18.8 Å². The molecule has 0 aliphatic heterocycles. The highest BCUT2D eigenvalue weighted by Gasteiger charge is 2.11. The predicted molar refractivity (Wildman–Crippen MR) is 151 cm³/mol. The fourth-order valence-corrected chi connectivity index (χ4v) is 5.17. The monoisotopic (exact) mass is 480 g/mol. The molecule has 0 aromatic rings. The second kappa shape index (κ2) is 27.1. The lowest BCUT2D eigenvalue weighted by Crippen LogP contribution is -2.16. The quantitative estimate of drug-likeness (QED) is 0.0862. The van der Waals surface area contributed by atoms with Crippen molar-refractivity contribution in [3.05, 3.63) is 0 Å². The minimum Gasteiger partial charge on any atom is -0.463 e. The SMILES string of the molecule is CCCCCCCCCCC(C)CCCCCCCCCCCCC(CCCCC)OC(C)=O. The minimum atomic E-state index is -0.112. The Hall–Kier alpha value is -0.530. The first-order valence-electron chi connectivity index (χ1n) is 15.8. The van der Waals surface area contributed by atoms with Crippen molar-refractivity contribution in [2.45, 2.75) is 194 Å². The fourth-order valence-electron chi connectivity index (χ4n) is 5.17. The van der Waals surface area contributed by atoms with E-state index in [1.165, 1.54) is 148 Å². The first kappa shape index (κ1) is 33.5. The van der Waals surface area contributed by atoms with Crippen molar-refractivity contribution in [2.24, 2.45) is 5.92 Å². The second-order valence-corrected chi connectivity index (χ2v) is 11.2. The van der Waals surface area contributed by atoms with Crippen LogP contribution in [-0.4, -0.2) is 12.1 Å². The maximum Gasteiger partial charge on any atom is 0.302 e. The minimum absolute atomic E-state index is 0.112. The summed E-state index contributed by atoms with van der Waals surface area (Å²) >= 11 is 0. The molecule has 0 saturated carbocycles. The molecule has 0 radical (unpaired) electrons. The predicted octanol–water partition coefficient (Wildman–Crippen LogP) is 11.3. The van der Waals surface area contributed by atoms with E-state index in [9.17, 15) is 4.79 Å². The Morgan fingerprint density at radius 3 is 1.18 bits per heavy atom. The smallest absolute Gasteiger partial charge is 0.302 e. The van der Waals surface area contributed by atoms with Gasteiger partial charge in [0.2, 0.25) is 0 Å². The van der Waals surface area contributed by atoms with E-state index in [1.807, 2.05) is 0 Å². The lowest BCUT2D eigenvalue weighted by Gasteiger charge is -2.16. The zero-order valence-electron chi connectivity index (χ0n) is 24.1. The molecule has 0 aromatic carbocycles. The van der Waals surface area contributed by atoms with Gasteiger partial charge in [-0.05, 0) is 31.6 Å². The van der Waals surface area contributed by atoms with Crippen LogP contribution in [0, 0.1) is 5.92 Å². The number of carbonyl (C=O) groups excluding carboxylic acids is 1. The van der Waals surface area contributed by atoms with Gasteiger partial charge in [0.05, 0.1) is 0 Å². The third-order valence-corrected chi connectivity index (χ3v) is 7.49. The number of carbonyl (C=O) groups is 1. The number of hydrogen-bond donors (Lipinski definition) is 0. The summed E-state index contributed by atoms with van der Waals surface area (Å²) in [6.07, 6.45) is 34.2. The maximum absolute atomic E-state index is 11.3. The van der Waals surface area contributed by atoms with Gasteiger partial charge in [0, 0.05) is 6.92 Å². The summed E-state index contributed by atoms with van der Waals surface area (Å²) in [5, 5.41) is 0. The standard InChI is InChI=1S/C32H64O2/c1-5-7-9-10-11-16-19-23-26-30(3)27-24-20-17-14-12-13-15-18-21-25-29-32(34-31(4)33)28-22-8-6-2/h30,32H,5-29H2,1-4H3. The van der Waals surface area contributed by atoms with Gasteiger partial charge in [-0.2, -0.15) is 0 Å². The van der Waals surface area contributed by atoms with Crippen molar-refractivity contribution in [1.29, 1.82) is 0 Å². The molecule has 0 aliphatic rings. The lowest BCUT2D eigenvalue weighted by atomic mass is 9.95. The van der Waals surface area contributed by atoms with Crippen molar-refractivity contribution in [3.63, 3.8) is 0 Å². The van der Waals surface area contributed by atoms with Crippen LogP contribution in [0.3, 0.4) is 0 Å². The molecule has 0 amide bonds. The molecule has 204 valence electrons. The highest BCUT2D eigenvalue weighted by atomic mass is 16.5. The normalized spacial score (nSPS) is 13.2. The largest absolute Gasteiger partial charge is 0.463 e. The van der Waals surface area contributed by atoms with Crippen molar-refractivity contribution >= 4 is 5.97 Å². The van der Waals surface area contributed by atoms with Gasteiger partial charge < -0.3 is 4.74 Å². The summed E-state index contributed by atoms with van der Waals surface area (Å²) < 4.78 is 5.51. The zero-order chi connectivity index (χ0) is 25.1. The van der Waals surface area contributed by atoms with Crippen LogP contribution < -0.4 is 0 Å². The highest BCUT2D eigenvalue weighted by molar-refractivity contribution is 5.66. The molecule has 0 N–H and O–H groups in total. The third kappa shape index (κ3) is 26.1. The molecule has 0 spiro atoms. The molecular weight excluding hydrogens is 416 g/mol. The van der Waals surface area contributed by atoms with Gasteiger partial charge in [-0.15, -0.1) is 0 Å². The molecule has 0 aromatic heterocycles. The van der Waals surface area contributed by atoms with Crippen LogP contribution in [0.1, 0.15) is 188 Å². The Bertz CT molecular complexity index is 406. The van der Waals surface area contributed by atoms with Crippen LogP contribution in [0.4, 0.5) is 0 Å². The Kier molecular flexibility index (Phi) is 26.6. The van der Waals surface area contributed by atoms with Crippen LogP contribution in [0.2, 0.25) is 0 Å². The molecule has 2 unspecified atom stereocenters. The molecule has 0 heterocycles. The van der Waals surface area contributed by atoms with E-state index in [-0.39, 0.29) is 12.1 Å². The van der Waals surface area contributed by atoms with E-state index in [2.05, 4.69) is 20.8 Å². The topological polar surface area (TPSA) is 26.3 Å². The van der Waals surface area contributed by atoms with E-state index in [4.69, 9.17) is 4.74 Å². The lowest BCUT2D eigenvalue weighted by molar-refractivity contribution is -0.147. The van der Waals surface area contributed by atoms with Crippen LogP contribution in [-0.2, 0) is 9.53 Å². The summed E-state index contributed by atoms with van der Waals surface area (Å²) in [4.78, 5) is 11.3. The summed E-state index contributed by atoms with van der Waals surface area (Å²) in [7, 11) is 0. The fraction of sp³-hybridized carbons (Fsp3) is 0.969. The molecule has 0 fully saturated rings. The van der Waals surface area contributed by atoms with E-state index < -0.39 is 0 Å². The van der Waals surface area contributed by atoms with E-state index in [0.29, 0.717) is 0 Å². The van der Waals surface area contributed by atoms with Gasteiger partial charge in [-0.3, -0.25) is 4.79 Å². The first-order chi connectivity index (χ1) is 16.6. The van der Waals surface area contributed by atoms with Crippen LogP contribution in [0.15, 0.2) is 0 Å². The van der Waals surface area contributed by atoms with Crippen LogP contribution in [0.25, 0.3) is 0 Å². The molecule has 0 saturated heterocycles. The van der Waals surface area contributed by atoms with Gasteiger partial charge in [0.25, 0.3) is 0 Å². The molecule has 0 rings (SSSR count). The molecule has 2 atom stereocenters. The number of esters is 1. The molecule has 0 bridgehead atoms. The zero-order valence-corrected chi connectivity index (χ0v) is 24.1. The summed E-state index contributed by atoms with van der Waals surface area (Å²) in [5.74, 6) is 0.826. The van der Waals surface area contributed by atoms with Gasteiger partial charge in [-0.1, -0.05) is 156 Å². The Morgan fingerprint density at radius 1 is 0.500 bits per heavy atom. The van der Waals surface area contributed by atoms with Crippen molar-refractivity contribution < 1.29 is 9.53 Å². The summed E-state index contributed by atoms with van der Waals surface area (Å²) in [6.45, 7) is 8.54. The van der Waals surface area contributed by atoms with Crippen molar-refractivity contribution in [3.8, 4) is 0 Å². The van der Waals surface area contributed by atoms with Gasteiger partial charge in [0.15, 0.2) is 0 Å². The number of ether oxygens (including phenoxy) is 1. The average molecular weight is 481 g/mol. The number of hydrogen-bond acceptors (Lipinski definition) is 2. The van der Waals surface area contributed by atoms with Crippen molar-refractivity contribution in [1.82, 2.24) is 0 Å². The van der Waals surface area contributed by atoms with E-state index >= 15 is 0 Å².